The van der Waals surface area contributed by atoms with Gasteiger partial charge in [0.1, 0.15) is 0 Å². The van der Waals surface area contributed by atoms with Crippen LogP contribution in [-0.2, 0) is 4.79 Å². The lowest BCUT2D eigenvalue weighted by atomic mass is 9.87. The molecule has 1 aliphatic heterocycles. The molecular weight excluding hydrogens is 300 g/mol. The van der Waals surface area contributed by atoms with Crippen LogP contribution in [0.5, 0.6) is 0 Å². The van der Waals surface area contributed by atoms with Crippen molar-refractivity contribution in [3.05, 3.63) is 77.5 Å². The number of carboxylic acids is 1. The molecule has 0 fully saturated rings. The SMILES string of the molecule is CCNCCN1C=C(C(=O)O)c2ccccc2C1c1ccccc1. The summed E-state index contributed by atoms with van der Waals surface area (Å²) in [6, 6.07) is 18.1. The lowest BCUT2D eigenvalue weighted by Gasteiger charge is -2.37. The number of nitrogens with zero attached hydrogens (tertiary/aromatic N) is 1. The van der Waals surface area contributed by atoms with Crippen LogP contribution in [0.3, 0.4) is 0 Å². The third-order valence-corrected chi connectivity index (χ3v) is 4.31. The fourth-order valence-corrected chi connectivity index (χ4v) is 3.22. The van der Waals surface area contributed by atoms with Gasteiger partial charge in [0.25, 0.3) is 0 Å². The lowest BCUT2D eigenvalue weighted by molar-refractivity contribution is -0.130. The Morgan fingerprint density at radius 1 is 1.12 bits per heavy atom. The Labute approximate surface area is 142 Å². The van der Waals surface area contributed by atoms with E-state index in [1.165, 1.54) is 5.56 Å². The molecular formula is C20H22N2O2. The molecule has 0 radical (unpaired) electrons. The number of rotatable bonds is 6. The van der Waals surface area contributed by atoms with Gasteiger partial charge >= 0.3 is 5.97 Å². The van der Waals surface area contributed by atoms with Crippen molar-refractivity contribution in [2.24, 2.45) is 0 Å². The number of nitrogens with one attached hydrogen (secondary N) is 1. The van der Waals surface area contributed by atoms with Gasteiger partial charge < -0.3 is 15.3 Å². The van der Waals surface area contributed by atoms with E-state index in [2.05, 4.69) is 29.3 Å². The summed E-state index contributed by atoms with van der Waals surface area (Å²) in [5.74, 6) is -0.887. The Morgan fingerprint density at radius 3 is 2.54 bits per heavy atom. The molecule has 4 nitrogen and oxygen atoms in total. The first-order chi connectivity index (χ1) is 11.7. The molecule has 1 unspecified atom stereocenters. The topological polar surface area (TPSA) is 52.6 Å². The zero-order chi connectivity index (χ0) is 16.9. The Morgan fingerprint density at radius 2 is 1.83 bits per heavy atom. The second kappa shape index (κ2) is 7.32. The number of carbonyl (C=O) groups is 1. The van der Waals surface area contributed by atoms with Crippen molar-refractivity contribution in [2.75, 3.05) is 19.6 Å². The van der Waals surface area contributed by atoms with E-state index in [0.29, 0.717) is 5.57 Å². The Kier molecular flexibility index (Phi) is 4.96. The summed E-state index contributed by atoms with van der Waals surface area (Å²) in [5.41, 5.74) is 3.37. The Bertz CT molecular complexity index is 740. The smallest absolute Gasteiger partial charge is 0.337 e. The summed E-state index contributed by atoms with van der Waals surface area (Å²) < 4.78 is 0. The van der Waals surface area contributed by atoms with Crippen molar-refractivity contribution in [3.63, 3.8) is 0 Å². The molecule has 2 aromatic rings. The third kappa shape index (κ3) is 3.19. The van der Waals surface area contributed by atoms with Crippen molar-refractivity contribution in [1.82, 2.24) is 10.2 Å². The second-order valence-corrected chi connectivity index (χ2v) is 5.84. The van der Waals surface area contributed by atoms with Crippen molar-refractivity contribution >= 4 is 11.5 Å². The van der Waals surface area contributed by atoms with E-state index >= 15 is 0 Å². The van der Waals surface area contributed by atoms with Gasteiger partial charge in [-0.15, -0.1) is 0 Å². The first-order valence-electron chi connectivity index (χ1n) is 8.28. The van der Waals surface area contributed by atoms with Crippen molar-refractivity contribution in [3.8, 4) is 0 Å². The predicted octanol–water partition coefficient (Wildman–Crippen LogP) is 3.13. The molecule has 0 bridgehead atoms. The molecule has 3 rings (SSSR count). The molecule has 1 atom stereocenters. The van der Waals surface area contributed by atoms with Crippen LogP contribution in [0.4, 0.5) is 0 Å². The largest absolute Gasteiger partial charge is 0.478 e. The third-order valence-electron chi connectivity index (χ3n) is 4.31. The van der Waals surface area contributed by atoms with E-state index in [9.17, 15) is 9.90 Å². The van der Waals surface area contributed by atoms with E-state index in [1.54, 1.807) is 6.20 Å². The van der Waals surface area contributed by atoms with Gasteiger partial charge in [-0.25, -0.2) is 4.79 Å². The first kappa shape index (κ1) is 16.3. The normalized spacial score (nSPS) is 16.5. The van der Waals surface area contributed by atoms with Crippen molar-refractivity contribution < 1.29 is 9.90 Å². The number of benzene rings is 2. The predicted molar refractivity (Wildman–Crippen MR) is 95.6 cm³/mol. The van der Waals surface area contributed by atoms with E-state index in [4.69, 9.17) is 0 Å². The van der Waals surface area contributed by atoms with Gasteiger partial charge in [-0.2, -0.15) is 0 Å². The van der Waals surface area contributed by atoms with Gasteiger partial charge in [0.2, 0.25) is 0 Å². The molecule has 2 aromatic carbocycles. The van der Waals surface area contributed by atoms with Gasteiger partial charge in [0.15, 0.2) is 0 Å². The van der Waals surface area contributed by atoms with Gasteiger partial charge in [0, 0.05) is 19.3 Å². The number of aliphatic carboxylic acids is 1. The van der Waals surface area contributed by atoms with E-state index < -0.39 is 5.97 Å². The summed E-state index contributed by atoms with van der Waals surface area (Å²) in [6.45, 7) is 4.53. The standard InChI is InChI=1S/C20H22N2O2/c1-2-21-12-13-22-14-18(20(23)24)16-10-6-7-11-17(16)19(22)15-8-4-3-5-9-15/h3-11,14,19,21H,2,12-13H2,1H3,(H,23,24). The first-order valence-corrected chi connectivity index (χ1v) is 8.28. The fourth-order valence-electron chi connectivity index (χ4n) is 3.22. The number of carboxylic acid groups (broad SMARTS) is 1. The fraction of sp³-hybridized carbons (Fsp3) is 0.250. The molecule has 124 valence electrons. The maximum Gasteiger partial charge on any atom is 0.337 e. The lowest BCUT2D eigenvalue weighted by Crippen LogP contribution is -2.35. The molecule has 0 amide bonds. The average Bonchev–Trinajstić information content (AvgIpc) is 2.61. The van der Waals surface area contributed by atoms with Crippen LogP contribution in [-0.4, -0.2) is 35.6 Å². The molecule has 1 heterocycles. The highest BCUT2D eigenvalue weighted by Gasteiger charge is 2.30. The maximum atomic E-state index is 11.7. The van der Waals surface area contributed by atoms with Crippen molar-refractivity contribution in [1.29, 1.82) is 0 Å². The number of hydrogen-bond acceptors (Lipinski definition) is 3. The minimum absolute atomic E-state index is 0.0316. The van der Waals surface area contributed by atoms with E-state index in [-0.39, 0.29) is 6.04 Å². The molecule has 1 aliphatic rings. The summed E-state index contributed by atoms with van der Waals surface area (Å²) in [7, 11) is 0. The van der Waals surface area contributed by atoms with Crippen LogP contribution in [0.25, 0.3) is 5.57 Å². The van der Waals surface area contributed by atoms with Crippen LogP contribution in [0.2, 0.25) is 0 Å². The van der Waals surface area contributed by atoms with Crippen LogP contribution < -0.4 is 5.32 Å². The maximum absolute atomic E-state index is 11.7. The summed E-state index contributed by atoms with van der Waals surface area (Å²) in [4.78, 5) is 13.9. The monoisotopic (exact) mass is 322 g/mol. The second-order valence-electron chi connectivity index (χ2n) is 5.84. The molecule has 0 saturated carbocycles. The van der Waals surface area contributed by atoms with Crippen LogP contribution in [0.1, 0.15) is 29.7 Å². The molecule has 0 aromatic heterocycles. The number of likely N-dealkylation sites (N-methyl/N-ethyl adjacent to an activating group) is 1. The quantitative estimate of drug-likeness (QED) is 0.802. The summed E-state index contributed by atoms with van der Waals surface area (Å²) in [6.07, 6.45) is 1.79. The van der Waals surface area contributed by atoms with Crippen LogP contribution in [0, 0.1) is 0 Å². The minimum Gasteiger partial charge on any atom is -0.478 e. The van der Waals surface area contributed by atoms with E-state index in [0.717, 1.165) is 30.8 Å². The zero-order valence-corrected chi connectivity index (χ0v) is 13.8. The van der Waals surface area contributed by atoms with E-state index in [1.807, 2.05) is 42.5 Å². The molecule has 2 N–H and O–H groups in total. The summed E-state index contributed by atoms with van der Waals surface area (Å²) >= 11 is 0. The highest BCUT2D eigenvalue weighted by atomic mass is 16.4. The molecule has 0 saturated heterocycles. The number of fused-ring (bicyclic) bond motifs is 1. The number of hydrogen-bond donors (Lipinski definition) is 2. The van der Waals surface area contributed by atoms with Crippen LogP contribution in [0.15, 0.2) is 60.8 Å². The minimum atomic E-state index is -0.887. The summed E-state index contributed by atoms with van der Waals surface area (Å²) in [5, 5.41) is 12.9. The Balaban J connectivity index is 2.07. The highest BCUT2D eigenvalue weighted by molar-refractivity contribution is 6.16. The van der Waals surface area contributed by atoms with Gasteiger partial charge in [-0.3, -0.25) is 0 Å². The van der Waals surface area contributed by atoms with Gasteiger partial charge in [0.05, 0.1) is 11.6 Å². The zero-order valence-electron chi connectivity index (χ0n) is 13.8. The average molecular weight is 322 g/mol. The van der Waals surface area contributed by atoms with Gasteiger partial charge in [-0.05, 0) is 23.2 Å². The molecule has 4 heteroatoms. The van der Waals surface area contributed by atoms with Crippen molar-refractivity contribution in [2.45, 2.75) is 13.0 Å². The molecule has 0 aliphatic carbocycles. The Hall–Kier alpha value is -2.59. The molecule has 24 heavy (non-hydrogen) atoms. The van der Waals surface area contributed by atoms with Crippen LogP contribution >= 0.6 is 0 Å². The van der Waals surface area contributed by atoms with Gasteiger partial charge in [-0.1, -0.05) is 61.5 Å². The molecule has 0 spiro atoms. The highest BCUT2D eigenvalue weighted by Crippen LogP contribution is 2.38.